The van der Waals surface area contributed by atoms with Crippen molar-refractivity contribution in [3.05, 3.63) is 66.9 Å². The van der Waals surface area contributed by atoms with Gasteiger partial charge in [0.05, 0.1) is 43.9 Å². The predicted octanol–water partition coefficient (Wildman–Crippen LogP) is 7.04. The standard InChI is InChI=1S/C26H17N7O10S4/c27-21-20-13(9-18(45-43-42-35)23(25(20)34)30-29-17-5-1-3-12-4-2-8-28-22(12)17)10-19(47(39,40)41)24(21)31-32-26-15-11-14(46(36,37)38)6-7-16(15)33-44-26/h1-11,34-35H,27H2,(H,36,37,38)(H,39,40,41). The number of anilines is 1. The minimum absolute atomic E-state index is 0.00147. The van der Waals surface area contributed by atoms with Crippen LogP contribution in [0, 0.1) is 0 Å². The number of fused-ring (bicyclic) bond motifs is 3. The van der Waals surface area contributed by atoms with Crippen LogP contribution < -0.4 is 5.73 Å². The Kier molecular flexibility index (Phi) is 8.56. The lowest BCUT2D eigenvalue weighted by Gasteiger charge is -2.14. The molecule has 4 aromatic carbocycles. The van der Waals surface area contributed by atoms with Crippen LogP contribution in [0.5, 0.6) is 5.75 Å². The van der Waals surface area contributed by atoms with Gasteiger partial charge in [-0.05, 0) is 59.4 Å². The average Bonchev–Trinajstić information content (AvgIpc) is 3.44. The third-order valence-corrected chi connectivity index (χ3v) is 9.68. The summed E-state index contributed by atoms with van der Waals surface area (Å²) < 4.78 is 76.4. The summed E-state index contributed by atoms with van der Waals surface area (Å²) in [6, 6.07) is 14.5. The number of nitrogens with two attached hydrogens (primary N) is 1. The highest BCUT2D eigenvalue weighted by Crippen LogP contribution is 2.50. The van der Waals surface area contributed by atoms with Crippen LogP contribution in [0.25, 0.3) is 32.6 Å². The molecule has 6 rings (SSSR count). The first-order valence-electron chi connectivity index (χ1n) is 12.7. The smallest absolute Gasteiger partial charge is 0.296 e. The van der Waals surface area contributed by atoms with E-state index >= 15 is 0 Å². The highest BCUT2D eigenvalue weighted by Gasteiger charge is 2.26. The molecule has 0 unspecified atom stereocenters. The lowest BCUT2D eigenvalue weighted by atomic mass is 10.1. The number of hydrogen-bond acceptors (Lipinski definition) is 17. The van der Waals surface area contributed by atoms with Crippen molar-refractivity contribution in [3.63, 3.8) is 0 Å². The molecule has 0 amide bonds. The molecular weight excluding hydrogens is 699 g/mol. The van der Waals surface area contributed by atoms with Gasteiger partial charge in [-0.25, -0.2) is 5.26 Å². The van der Waals surface area contributed by atoms with E-state index < -0.39 is 47.2 Å². The van der Waals surface area contributed by atoms with Gasteiger partial charge in [-0.1, -0.05) is 23.2 Å². The van der Waals surface area contributed by atoms with Crippen molar-refractivity contribution >= 4 is 104 Å². The topological polar surface area (TPSA) is 269 Å². The monoisotopic (exact) mass is 715 g/mol. The third-order valence-electron chi connectivity index (χ3n) is 6.58. The molecule has 0 saturated heterocycles. The molecular formula is C26H17N7O10S4. The molecule has 2 heterocycles. The van der Waals surface area contributed by atoms with Crippen LogP contribution in [0.4, 0.5) is 27.8 Å². The Morgan fingerprint density at radius 1 is 0.872 bits per heavy atom. The Hall–Kier alpha value is -4.71. The Labute approximate surface area is 271 Å². The number of para-hydroxylation sites is 1. The number of aromatic nitrogens is 2. The zero-order valence-electron chi connectivity index (χ0n) is 23.0. The molecule has 0 bridgehead atoms. The Balaban J connectivity index is 1.54. The highest BCUT2D eigenvalue weighted by molar-refractivity contribution is 7.94. The van der Waals surface area contributed by atoms with Gasteiger partial charge in [-0.2, -0.15) is 21.2 Å². The first-order chi connectivity index (χ1) is 22.4. The molecule has 21 heteroatoms. The molecule has 0 spiro atoms. The summed E-state index contributed by atoms with van der Waals surface area (Å²) in [5.41, 5.74) is 6.20. The summed E-state index contributed by atoms with van der Waals surface area (Å²) in [4.78, 5) is 3.03. The third kappa shape index (κ3) is 6.34. The summed E-state index contributed by atoms with van der Waals surface area (Å²) in [5.74, 6) is -0.625. The lowest BCUT2D eigenvalue weighted by Crippen LogP contribution is -2.02. The fourth-order valence-electron chi connectivity index (χ4n) is 4.53. The van der Waals surface area contributed by atoms with Gasteiger partial charge in [0.25, 0.3) is 20.2 Å². The molecule has 0 fully saturated rings. The normalized spacial score (nSPS) is 12.7. The summed E-state index contributed by atoms with van der Waals surface area (Å²) in [6.07, 6.45) is 1.56. The number of rotatable bonds is 9. The van der Waals surface area contributed by atoms with E-state index in [1.807, 2.05) is 12.1 Å². The number of nitrogen functional groups attached to an aromatic ring is 1. The predicted molar refractivity (Wildman–Crippen MR) is 170 cm³/mol. The quantitative estimate of drug-likeness (QED) is 0.0251. The molecule has 0 aliphatic rings. The molecule has 17 nitrogen and oxygen atoms in total. The lowest BCUT2D eigenvalue weighted by molar-refractivity contribution is -0.432. The van der Waals surface area contributed by atoms with Crippen LogP contribution in [-0.4, -0.2) is 45.7 Å². The zero-order chi connectivity index (χ0) is 33.5. The number of phenolic OH excluding ortho intramolecular Hbond substituents is 1. The molecule has 2 aromatic heterocycles. The van der Waals surface area contributed by atoms with Crippen LogP contribution in [0.3, 0.4) is 0 Å². The molecule has 6 N–H and O–H groups in total. The van der Waals surface area contributed by atoms with Crippen molar-refractivity contribution < 1.29 is 45.7 Å². The molecule has 0 radical (unpaired) electrons. The molecule has 0 aliphatic heterocycles. The maximum Gasteiger partial charge on any atom is 0.296 e. The summed E-state index contributed by atoms with van der Waals surface area (Å²) in [7, 11) is -9.59. The number of phenols is 1. The summed E-state index contributed by atoms with van der Waals surface area (Å²) in [6.45, 7) is 0. The number of aromatic hydroxyl groups is 1. The fraction of sp³-hybridized carbons (Fsp3) is 0. The van der Waals surface area contributed by atoms with Gasteiger partial charge < -0.3 is 10.8 Å². The van der Waals surface area contributed by atoms with Gasteiger partial charge in [0.1, 0.15) is 22.0 Å². The maximum atomic E-state index is 12.5. The van der Waals surface area contributed by atoms with E-state index in [0.717, 1.165) is 35.1 Å². The first kappa shape index (κ1) is 32.2. The number of azo groups is 2. The van der Waals surface area contributed by atoms with E-state index in [-0.39, 0.29) is 31.7 Å². The van der Waals surface area contributed by atoms with E-state index in [0.29, 0.717) is 28.8 Å². The zero-order valence-corrected chi connectivity index (χ0v) is 26.2. The largest absolute Gasteiger partial charge is 0.505 e. The van der Waals surface area contributed by atoms with Gasteiger partial charge >= 0.3 is 0 Å². The number of hydrogen-bond donors (Lipinski definition) is 5. The van der Waals surface area contributed by atoms with Gasteiger partial charge in [0, 0.05) is 17.0 Å². The molecule has 47 heavy (non-hydrogen) atoms. The van der Waals surface area contributed by atoms with Gasteiger partial charge in [-0.15, -0.1) is 24.8 Å². The maximum absolute atomic E-state index is 12.5. The van der Waals surface area contributed by atoms with Crippen LogP contribution in [-0.2, 0) is 29.6 Å². The van der Waals surface area contributed by atoms with E-state index in [4.69, 9.17) is 11.0 Å². The van der Waals surface area contributed by atoms with E-state index in [2.05, 4.69) is 39.2 Å². The van der Waals surface area contributed by atoms with Gasteiger partial charge in [0.2, 0.25) is 0 Å². The average molecular weight is 716 g/mol. The Bertz CT molecular complexity index is 2500. The second kappa shape index (κ2) is 12.5. The van der Waals surface area contributed by atoms with Crippen molar-refractivity contribution in [1.82, 2.24) is 9.36 Å². The molecule has 0 atom stereocenters. The van der Waals surface area contributed by atoms with Gasteiger partial charge in [0.15, 0.2) is 10.8 Å². The van der Waals surface area contributed by atoms with Gasteiger partial charge in [-0.3, -0.25) is 14.1 Å². The second-order valence-corrected chi connectivity index (χ2v) is 13.7. The fourth-order valence-corrected chi connectivity index (χ4v) is 6.89. The van der Waals surface area contributed by atoms with Crippen LogP contribution in [0.1, 0.15) is 0 Å². The molecule has 0 saturated carbocycles. The molecule has 6 aromatic rings. The van der Waals surface area contributed by atoms with E-state index in [1.54, 1.807) is 24.4 Å². The van der Waals surface area contributed by atoms with Crippen molar-refractivity contribution in [3.8, 4) is 5.75 Å². The van der Waals surface area contributed by atoms with Crippen molar-refractivity contribution in [2.45, 2.75) is 14.7 Å². The highest BCUT2D eigenvalue weighted by atomic mass is 32.2. The molecule has 0 aliphatic carbocycles. The first-order valence-corrected chi connectivity index (χ1v) is 17.0. The minimum Gasteiger partial charge on any atom is -0.505 e. The van der Waals surface area contributed by atoms with E-state index in [1.165, 1.54) is 12.1 Å². The van der Waals surface area contributed by atoms with E-state index in [9.17, 15) is 31.0 Å². The van der Waals surface area contributed by atoms with Crippen LogP contribution in [0.15, 0.2) is 102 Å². The number of benzene rings is 4. The summed E-state index contributed by atoms with van der Waals surface area (Å²) >= 11 is 1.16. The summed E-state index contributed by atoms with van der Waals surface area (Å²) in [5, 5.41) is 40.9. The second-order valence-electron chi connectivity index (χ2n) is 9.40. The SMILES string of the molecule is Nc1c(N=Nc2snc3ccc(S(=O)(=O)O)cc23)c(S(=O)(=O)O)cc2cc(SOOO)c(N=Nc3cccc4cccnc34)c(O)c12. The van der Waals surface area contributed by atoms with Crippen molar-refractivity contribution in [2.24, 2.45) is 20.5 Å². The minimum atomic E-state index is -5.02. The Morgan fingerprint density at radius 2 is 1.64 bits per heavy atom. The van der Waals surface area contributed by atoms with Crippen LogP contribution >= 0.6 is 23.6 Å². The van der Waals surface area contributed by atoms with Crippen molar-refractivity contribution in [2.75, 3.05) is 5.73 Å². The number of pyridine rings is 1. The Morgan fingerprint density at radius 3 is 2.38 bits per heavy atom. The number of nitrogens with zero attached hydrogens (tertiary/aromatic N) is 6. The van der Waals surface area contributed by atoms with Crippen molar-refractivity contribution in [1.29, 1.82) is 0 Å². The molecule has 240 valence electrons. The van der Waals surface area contributed by atoms with Crippen LogP contribution in [0.2, 0.25) is 0 Å².